The van der Waals surface area contributed by atoms with Gasteiger partial charge in [0, 0.05) is 11.8 Å². The molecular weight excluding hydrogens is 295 g/mol. The summed E-state index contributed by atoms with van der Waals surface area (Å²) in [6.07, 6.45) is 14.3. The third-order valence-corrected chi connectivity index (χ3v) is 4.41. The summed E-state index contributed by atoms with van der Waals surface area (Å²) in [7, 11) is 0. The molecule has 0 aromatic carbocycles. The van der Waals surface area contributed by atoms with Gasteiger partial charge in [-0.1, -0.05) is 53.4 Å². The maximum Gasteiger partial charge on any atom is 1.00 e. The second-order valence-corrected chi connectivity index (χ2v) is 5.98. The topological polar surface area (TPSA) is 40.7 Å². The van der Waals surface area contributed by atoms with E-state index in [4.69, 9.17) is 4.74 Å². The molecule has 0 saturated heterocycles. The van der Waals surface area contributed by atoms with Crippen LogP contribution in [0.15, 0.2) is 23.7 Å². The van der Waals surface area contributed by atoms with Crippen molar-refractivity contribution >= 4 is 0 Å². The third-order valence-electron chi connectivity index (χ3n) is 4.41. The van der Waals surface area contributed by atoms with Crippen molar-refractivity contribution in [3.8, 4) is 0 Å². The molecule has 2 atom stereocenters. The van der Waals surface area contributed by atoms with Crippen molar-refractivity contribution in [2.75, 3.05) is 0 Å². The number of hydrogen-bond acceptors (Lipinski definition) is 1. The first kappa shape index (κ1) is 28.1. The molecule has 0 aliphatic heterocycles. The summed E-state index contributed by atoms with van der Waals surface area (Å²) in [5.74, 6) is 3.53. The van der Waals surface area contributed by atoms with Gasteiger partial charge < -0.3 is 11.6 Å². The molecule has 0 amide bonds. The molecule has 134 valence electrons. The van der Waals surface area contributed by atoms with Gasteiger partial charge in [0.25, 0.3) is 0 Å². The fourth-order valence-electron chi connectivity index (χ4n) is 2.89. The summed E-state index contributed by atoms with van der Waals surface area (Å²) >= 11 is 0. The van der Waals surface area contributed by atoms with Gasteiger partial charge in [-0.05, 0) is 51.7 Å². The van der Waals surface area contributed by atoms with Gasteiger partial charge in [0.1, 0.15) is 11.5 Å². The van der Waals surface area contributed by atoms with Crippen molar-refractivity contribution in [1.82, 2.24) is 0 Å². The normalized spacial score (nSPS) is 14.5. The zero-order valence-electron chi connectivity index (χ0n) is 17.9. The number of unbranched alkanes of at least 4 members (excludes halogenated alkanes) is 2. The van der Waals surface area contributed by atoms with E-state index in [1.807, 2.05) is 0 Å². The minimum Gasteiger partial charge on any atom is -1.00 e. The molecule has 0 bridgehead atoms. The van der Waals surface area contributed by atoms with E-state index >= 15 is 0 Å². The van der Waals surface area contributed by atoms with Crippen LogP contribution in [0.5, 0.6) is 0 Å². The maximum absolute atomic E-state index is 6.37. The average molecular weight is 337 g/mol. The minimum atomic E-state index is 0. The van der Waals surface area contributed by atoms with Gasteiger partial charge in [-0.15, -0.1) is 0 Å². The van der Waals surface area contributed by atoms with Crippen molar-refractivity contribution < 1.29 is 41.2 Å². The fourth-order valence-corrected chi connectivity index (χ4v) is 2.89. The second-order valence-electron chi connectivity index (χ2n) is 5.98. The predicted octanol–water partition coefficient (Wildman–Crippen LogP) is 3.54. The smallest absolute Gasteiger partial charge is 1.00 e. The Morgan fingerprint density at radius 3 is 1.39 bits per heavy atom. The Hall–Kier alpha value is 0.240. The summed E-state index contributed by atoms with van der Waals surface area (Å²) in [6.45, 7) is 13.3. The van der Waals surface area contributed by atoms with Crippen LogP contribution in [0.3, 0.4) is 0 Å². The van der Waals surface area contributed by atoms with Crippen LogP contribution in [0.2, 0.25) is 0 Å². The average Bonchev–Trinajstić information content (AvgIpc) is 2.52. The summed E-state index contributed by atoms with van der Waals surface area (Å²) in [5.41, 5.74) is 0. The summed E-state index contributed by atoms with van der Waals surface area (Å²) < 4.78 is 6.37. The molecule has 0 spiro atoms. The molecule has 23 heavy (non-hydrogen) atoms. The zero-order chi connectivity index (χ0) is 16.1. The number of rotatable bonds is 12. The summed E-state index contributed by atoms with van der Waals surface area (Å²) in [4.78, 5) is 0. The Morgan fingerprint density at radius 1 is 0.826 bits per heavy atom. The molecular formula is C20H41NaO2. The first-order valence-electron chi connectivity index (χ1n) is 9.18. The third kappa shape index (κ3) is 11.4. The largest absolute Gasteiger partial charge is 1.00 e. The monoisotopic (exact) mass is 336 g/mol. The Labute approximate surface area is 169 Å². The standard InChI is InChI=1S/C20H38O.Na.H2O.H/c1-7-13-15-17(9-3)19(11-5)21-20(12-6)18(10-4)16-14-8-2;;;/h11-12,17-18H,7-10,13-16H2,1-6H3;;1H2;/q;+1;;-1. The first-order chi connectivity index (χ1) is 10.2. The van der Waals surface area contributed by atoms with Crippen LogP contribution in [-0.2, 0) is 4.74 Å². The van der Waals surface area contributed by atoms with Gasteiger partial charge in [0.2, 0.25) is 0 Å². The van der Waals surface area contributed by atoms with Crippen molar-refractivity contribution in [2.45, 2.75) is 92.9 Å². The van der Waals surface area contributed by atoms with E-state index in [0.29, 0.717) is 11.8 Å². The van der Waals surface area contributed by atoms with E-state index in [1.54, 1.807) is 0 Å². The molecule has 2 N–H and O–H groups in total. The minimum absolute atomic E-state index is 0. The second kappa shape index (κ2) is 18.6. The molecule has 2 unspecified atom stereocenters. The first-order valence-corrected chi connectivity index (χ1v) is 9.18. The predicted molar refractivity (Wildman–Crippen MR) is 99.9 cm³/mol. The van der Waals surface area contributed by atoms with E-state index in [2.05, 4.69) is 53.7 Å². The van der Waals surface area contributed by atoms with E-state index in [0.717, 1.165) is 0 Å². The zero-order valence-corrected chi connectivity index (χ0v) is 18.9. The van der Waals surface area contributed by atoms with Crippen molar-refractivity contribution in [3.63, 3.8) is 0 Å². The molecule has 0 aromatic heterocycles. The Kier molecular flexibility index (Phi) is 22.7. The quantitative estimate of drug-likeness (QED) is 0.397. The van der Waals surface area contributed by atoms with Gasteiger partial charge in [-0.25, -0.2) is 0 Å². The molecule has 0 fully saturated rings. The van der Waals surface area contributed by atoms with Crippen LogP contribution in [0.25, 0.3) is 0 Å². The van der Waals surface area contributed by atoms with Crippen LogP contribution < -0.4 is 29.6 Å². The van der Waals surface area contributed by atoms with Crippen molar-refractivity contribution in [3.05, 3.63) is 23.7 Å². The van der Waals surface area contributed by atoms with Crippen LogP contribution in [0, 0.1) is 11.8 Å². The number of ether oxygens (including phenoxy) is 1. The fraction of sp³-hybridized carbons (Fsp3) is 0.800. The molecule has 3 heteroatoms. The Bertz CT molecular complexity index is 287. The van der Waals surface area contributed by atoms with Crippen molar-refractivity contribution in [1.29, 1.82) is 0 Å². The molecule has 2 nitrogen and oxygen atoms in total. The molecule has 0 saturated carbocycles. The number of hydrogen-bond donors (Lipinski definition) is 0. The van der Waals surface area contributed by atoms with Crippen LogP contribution in [-0.4, -0.2) is 5.48 Å². The molecule has 0 radical (unpaired) electrons. The van der Waals surface area contributed by atoms with E-state index in [1.165, 1.54) is 62.9 Å². The van der Waals surface area contributed by atoms with E-state index < -0.39 is 0 Å². The number of allylic oxidation sites excluding steroid dienone is 4. The molecule has 0 aliphatic carbocycles. The van der Waals surface area contributed by atoms with Crippen LogP contribution in [0.1, 0.15) is 94.3 Å². The van der Waals surface area contributed by atoms with Crippen molar-refractivity contribution in [2.24, 2.45) is 11.8 Å². The summed E-state index contributed by atoms with van der Waals surface area (Å²) in [5, 5.41) is 0. The molecule has 0 aliphatic rings. The van der Waals surface area contributed by atoms with Gasteiger partial charge in [-0.2, -0.15) is 0 Å². The molecule has 0 heterocycles. The van der Waals surface area contributed by atoms with E-state index in [-0.39, 0.29) is 36.5 Å². The van der Waals surface area contributed by atoms with E-state index in [9.17, 15) is 0 Å². The summed E-state index contributed by atoms with van der Waals surface area (Å²) in [6, 6.07) is 0. The van der Waals surface area contributed by atoms with Gasteiger partial charge in [-0.3, -0.25) is 0 Å². The van der Waals surface area contributed by atoms with Gasteiger partial charge >= 0.3 is 29.6 Å². The Balaban J connectivity index is -0.000000667. The Morgan fingerprint density at radius 2 is 1.17 bits per heavy atom. The van der Waals surface area contributed by atoms with Gasteiger partial charge in [0.15, 0.2) is 0 Å². The van der Waals surface area contributed by atoms with Gasteiger partial charge in [0.05, 0.1) is 0 Å². The molecule has 0 rings (SSSR count). The van der Waals surface area contributed by atoms with Crippen LogP contribution in [0.4, 0.5) is 0 Å². The molecule has 0 aromatic rings. The SMILES string of the molecule is CC=C(OC(=CC)C(CC)CCCC)C(CC)CCCC.O.[H-].[Na+]. The van der Waals surface area contributed by atoms with Crippen LogP contribution >= 0.6 is 0 Å². The maximum atomic E-state index is 6.37.